The molecule has 0 amide bonds. The molecule has 0 bridgehead atoms. The molecule has 4 aromatic heterocycles. The molecule has 4 heterocycles. The van der Waals surface area contributed by atoms with E-state index in [-0.39, 0.29) is 0 Å². The maximum Gasteiger partial charge on any atom is 0.152 e. The number of pyridine rings is 1. The van der Waals surface area contributed by atoms with Gasteiger partial charge in [0.2, 0.25) is 0 Å². The molecule has 0 saturated heterocycles. The highest BCUT2D eigenvalue weighted by molar-refractivity contribution is 7.26. The maximum absolute atomic E-state index is 5.70. The molecule has 0 saturated carbocycles. The SMILES string of the molecule is CC(C)CNc1ncnc2c1sc1nc(-c3ccco3)c3c(c12)CCCC3. The zero-order chi connectivity index (χ0) is 18.4. The van der Waals surface area contributed by atoms with Crippen molar-refractivity contribution in [1.29, 1.82) is 0 Å². The second kappa shape index (κ2) is 6.60. The van der Waals surface area contributed by atoms with E-state index in [1.807, 2.05) is 12.1 Å². The zero-order valence-electron chi connectivity index (χ0n) is 15.6. The van der Waals surface area contributed by atoms with E-state index in [9.17, 15) is 0 Å². The number of fused-ring (bicyclic) bond motifs is 5. The van der Waals surface area contributed by atoms with Crippen LogP contribution in [-0.2, 0) is 12.8 Å². The van der Waals surface area contributed by atoms with E-state index in [1.165, 1.54) is 29.4 Å². The highest BCUT2D eigenvalue weighted by Gasteiger charge is 2.24. The summed E-state index contributed by atoms with van der Waals surface area (Å²) in [7, 11) is 0. The summed E-state index contributed by atoms with van der Waals surface area (Å²) in [5.74, 6) is 2.33. The molecule has 0 fully saturated rings. The fourth-order valence-corrected chi connectivity index (χ4v) is 5.03. The Morgan fingerprint density at radius 3 is 2.81 bits per heavy atom. The zero-order valence-corrected chi connectivity index (χ0v) is 16.4. The Hall–Kier alpha value is -2.47. The van der Waals surface area contributed by atoms with Crippen LogP contribution in [-0.4, -0.2) is 21.5 Å². The van der Waals surface area contributed by atoms with Crippen molar-refractivity contribution in [3.63, 3.8) is 0 Å². The molecule has 0 radical (unpaired) electrons. The summed E-state index contributed by atoms with van der Waals surface area (Å²) in [5.41, 5.74) is 4.77. The number of nitrogens with zero attached hydrogens (tertiary/aromatic N) is 3. The monoisotopic (exact) mass is 378 g/mol. The maximum atomic E-state index is 5.70. The van der Waals surface area contributed by atoms with E-state index >= 15 is 0 Å². The molecule has 0 aliphatic heterocycles. The Morgan fingerprint density at radius 2 is 2.04 bits per heavy atom. The van der Waals surface area contributed by atoms with Crippen LogP contribution in [0.4, 0.5) is 5.82 Å². The third-order valence-electron chi connectivity index (χ3n) is 5.15. The molecule has 1 N–H and O–H groups in total. The minimum Gasteiger partial charge on any atom is -0.463 e. The fourth-order valence-electron chi connectivity index (χ4n) is 3.90. The first kappa shape index (κ1) is 16.7. The van der Waals surface area contributed by atoms with Gasteiger partial charge in [0.05, 0.1) is 16.5 Å². The number of furan rings is 1. The molecule has 0 spiro atoms. The second-order valence-corrected chi connectivity index (χ2v) is 8.56. The van der Waals surface area contributed by atoms with Crippen LogP contribution in [0.1, 0.15) is 37.8 Å². The first-order chi connectivity index (χ1) is 13.2. The van der Waals surface area contributed by atoms with E-state index in [0.717, 1.165) is 51.7 Å². The first-order valence-corrected chi connectivity index (χ1v) is 10.4. The number of rotatable bonds is 4. The van der Waals surface area contributed by atoms with Crippen LogP contribution in [0.25, 0.3) is 31.9 Å². The molecule has 1 aliphatic carbocycles. The summed E-state index contributed by atoms with van der Waals surface area (Å²) in [4.78, 5) is 15.2. The van der Waals surface area contributed by atoms with E-state index in [0.29, 0.717) is 5.92 Å². The van der Waals surface area contributed by atoms with Crippen molar-refractivity contribution in [1.82, 2.24) is 15.0 Å². The molecular weight excluding hydrogens is 356 g/mol. The van der Waals surface area contributed by atoms with Gasteiger partial charge >= 0.3 is 0 Å². The number of aryl methyl sites for hydroxylation is 1. The van der Waals surface area contributed by atoms with Crippen LogP contribution in [0.5, 0.6) is 0 Å². The van der Waals surface area contributed by atoms with Gasteiger partial charge in [0.1, 0.15) is 22.7 Å². The normalized spacial score (nSPS) is 14.2. The molecule has 0 aromatic carbocycles. The number of thiophene rings is 1. The molecule has 4 aromatic rings. The Bertz CT molecular complexity index is 1110. The second-order valence-electron chi connectivity index (χ2n) is 7.56. The standard InChI is InChI=1S/C21H22N4OS/c1-12(2)10-22-20-19-18(23-11-24-20)16-13-6-3-4-7-14(13)17(25-21(16)27-19)15-8-5-9-26-15/h5,8-9,11-12H,3-4,6-7,10H2,1-2H3,(H,22,23,24). The third kappa shape index (κ3) is 2.79. The third-order valence-corrected chi connectivity index (χ3v) is 6.23. The molecule has 0 atom stereocenters. The Morgan fingerprint density at radius 1 is 1.19 bits per heavy atom. The van der Waals surface area contributed by atoms with Gasteiger partial charge in [-0.1, -0.05) is 13.8 Å². The summed E-state index contributed by atoms with van der Waals surface area (Å²) in [6.45, 7) is 5.29. The lowest BCUT2D eigenvalue weighted by Gasteiger charge is -2.19. The lowest BCUT2D eigenvalue weighted by atomic mass is 9.88. The predicted octanol–water partition coefficient (Wildman–Crippen LogP) is 5.45. The number of hydrogen-bond donors (Lipinski definition) is 1. The van der Waals surface area contributed by atoms with Crippen LogP contribution >= 0.6 is 11.3 Å². The molecule has 6 heteroatoms. The summed E-state index contributed by atoms with van der Waals surface area (Å²) in [6.07, 6.45) is 7.94. The van der Waals surface area contributed by atoms with Gasteiger partial charge in [0.15, 0.2) is 5.76 Å². The van der Waals surface area contributed by atoms with Gasteiger partial charge < -0.3 is 9.73 Å². The predicted molar refractivity (Wildman–Crippen MR) is 110 cm³/mol. The Balaban J connectivity index is 1.78. The molecule has 5 rings (SSSR count). The van der Waals surface area contributed by atoms with Crippen molar-refractivity contribution < 1.29 is 4.42 Å². The van der Waals surface area contributed by atoms with Gasteiger partial charge in [-0.2, -0.15) is 0 Å². The first-order valence-electron chi connectivity index (χ1n) is 9.59. The smallest absolute Gasteiger partial charge is 0.152 e. The van der Waals surface area contributed by atoms with Gasteiger partial charge in [-0.15, -0.1) is 11.3 Å². The van der Waals surface area contributed by atoms with Crippen LogP contribution < -0.4 is 5.32 Å². The van der Waals surface area contributed by atoms with Gasteiger partial charge in [-0.05, 0) is 54.9 Å². The largest absolute Gasteiger partial charge is 0.463 e. The summed E-state index contributed by atoms with van der Waals surface area (Å²) in [6, 6.07) is 3.94. The number of aromatic nitrogens is 3. The average Bonchev–Trinajstić information content (AvgIpc) is 3.33. The molecule has 27 heavy (non-hydrogen) atoms. The average molecular weight is 379 g/mol. The van der Waals surface area contributed by atoms with Gasteiger partial charge in [0.25, 0.3) is 0 Å². The van der Waals surface area contributed by atoms with Gasteiger partial charge in [0, 0.05) is 11.9 Å². The molecular formula is C21H22N4OS. The van der Waals surface area contributed by atoms with Crippen LogP contribution in [0, 0.1) is 5.92 Å². The van der Waals surface area contributed by atoms with E-state index in [1.54, 1.807) is 23.9 Å². The number of hydrogen-bond acceptors (Lipinski definition) is 6. The van der Waals surface area contributed by atoms with Crippen LogP contribution in [0.15, 0.2) is 29.1 Å². The molecule has 1 aliphatic rings. The lowest BCUT2D eigenvalue weighted by Crippen LogP contribution is -2.09. The summed E-state index contributed by atoms with van der Waals surface area (Å²) < 4.78 is 6.80. The summed E-state index contributed by atoms with van der Waals surface area (Å²) in [5, 5.41) is 4.70. The fraction of sp³-hybridized carbons (Fsp3) is 0.381. The highest BCUT2D eigenvalue weighted by atomic mass is 32.1. The van der Waals surface area contributed by atoms with E-state index in [2.05, 4.69) is 29.1 Å². The van der Waals surface area contributed by atoms with Crippen molar-refractivity contribution in [2.24, 2.45) is 5.92 Å². The minimum absolute atomic E-state index is 0.556. The highest BCUT2D eigenvalue weighted by Crippen LogP contribution is 2.42. The molecule has 138 valence electrons. The minimum atomic E-state index is 0.556. The van der Waals surface area contributed by atoms with Crippen molar-refractivity contribution in [2.75, 3.05) is 11.9 Å². The van der Waals surface area contributed by atoms with E-state index < -0.39 is 0 Å². The summed E-state index contributed by atoms with van der Waals surface area (Å²) >= 11 is 1.68. The van der Waals surface area contributed by atoms with Crippen LogP contribution in [0.2, 0.25) is 0 Å². The van der Waals surface area contributed by atoms with E-state index in [4.69, 9.17) is 9.40 Å². The molecule has 0 unspecified atom stereocenters. The number of anilines is 1. The van der Waals surface area contributed by atoms with Crippen molar-refractivity contribution in [2.45, 2.75) is 39.5 Å². The quantitative estimate of drug-likeness (QED) is 0.512. The Labute approximate surface area is 161 Å². The van der Waals surface area contributed by atoms with Gasteiger partial charge in [-0.3, -0.25) is 0 Å². The number of nitrogens with one attached hydrogen (secondary N) is 1. The van der Waals surface area contributed by atoms with Crippen molar-refractivity contribution in [3.8, 4) is 11.5 Å². The topological polar surface area (TPSA) is 63.8 Å². The Kier molecular flexibility index (Phi) is 4.08. The van der Waals surface area contributed by atoms with Crippen molar-refractivity contribution >= 4 is 37.6 Å². The molecule has 5 nitrogen and oxygen atoms in total. The van der Waals surface area contributed by atoms with Gasteiger partial charge in [-0.25, -0.2) is 15.0 Å². The van der Waals surface area contributed by atoms with Crippen molar-refractivity contribution in [3.05, 3.63) is 35.9 Å². The van der Waals surface area contributed by atoms with Crippen LogP contribution in [0.3, 0.4) is 0 Å². The lowest BCUT2D eigenvalue weighted by molar-refractivity contribution is 0.577.